The fourth-order valence-corrected chi connectivity index (χ4v) is 7.22. The number of aromatic nitrogens is 1. The molecule has 43 heavy (non-hydrogen) atoms. The summed E-state index contributed by atoms with van der Waals surface area (Å²) in [6, 6.07) is 37.0. The minimum Gasteiger partial charge on any atom is -0.354 e. The summed E-state index contributed by atoms with van der Waals surface area (Å²) in [5.41, 5.74) is 12.3. The van der Waals surface area contributed by atoms with E-state index < -0.39 is 0 Å². The Balaban J connectivity index is 1.43. The molecular formula is C40H35NOS. The molecule has 3 heteroatoms. The SMILES string of the molecule is Cc1ccc(Cc2cccc3[nH]c(-c4ccc5sc6ccc(C(C)C)cc6c(=O)c5c4)c(Cc4ccc(C)cc4)c23)cc1. The quantitative estimate of drug-likeness (QED) is 0.196. The van der Waals surface area contributed by atoms with Gasteiger partial charge in [-0.2, -0.15) is 0 Å². The summed E-state index contributed by atoms with van der Waals surface area (Å²) >= 11 is 1.70. The van der Waals surface area contributed by atoms with Gasteiger partial charge in [-0.1, -0.05) is 97.8 Å². The van der Waals surface area contributed by atoms with Gasteiger partial charge in [0.1, 0.15) is 0 Å². The predicted octanol–water partition coefficient (Wildman–Crippen LogP) is 10.5. The Morgan fingerprint density at radius 1 is 0.698 bits per heavy atom. The van der Waals surface area contributed by atoms with Crippen LogP contribution in [0.3, 0.4) is 0 Å². The van der Waals surface area contributed by atoms with E-state index in [2.05, 4.69) is 136 Å². The lowest BCUT2D eigenvalue weighted by molar-refractivity contribution is 0.869. The van der Waals surface area contributed by atoms with Crippen LogP contribution in [0.4, 0.5) is 0 Å². The number of hydrogen-bond donors (Lipinski definition) is 1. The number of aromatic amines is 1. The van der Waals surface area contributed by atoms with Gasteiger partial charge in [0.25, 0.3) is 0 Å². The van der Waals surface area contributed by atoms with E-state index in [-0.39, 0.29) is 5.43 Å². The predicted molar refractivity (Wildman–Crippen MR) is 185 cm³/mol. The molecule has 2 aromatic heterocycles. The van der Waals surface area contributed by atoms with Gasteiger partial charge in [-0.25, -0.2) is 0 Å². The number of nitrogens with one attached hydrogen (secondary N) is 1. The summed E-state index contributed by atoms with van der Waals surface area (Å²) in [4.78, 5) is 17.7. The van der Waals surface area contributed by atoms with Crippen molar-refractivity contribution in [1.82, 2.24) is 4.98 Å². The van der Waals surface area contributed by atoms with Gasteiger partial charge in [-0.15, -0.1) is 11.3 Å². The average molecular weight is 578 g/mol. The standard InChI is InChI=1S/C40H35NOS/c1-24(2)29-16-18-36-32(22-29)40(42)33-23-31(17-19-37(33)43-36)39-34(21-28-14-10-26(4)11-15-28)38-30(6-5-7-35(38)41-39)20-27-12-8-25(3)9-13-27/h5-19,22-24,41H,20-21H2,1-4H3. The van der Waals surface area contributed by atoms with E-state index in [0.717, 1.165) is 49.8 Å². The van der Waals surface area contributed by atoms with Gasteiger partial charge >= 0.3 is 0 Å². The second-order valence-corrected chi connectivity index (χ2v) is 13.3. The minimum absolute atomic E-state index is 0.115. The molecule has 7 rings (SSSR count). The molecule has 0 atom stereocenters. The molecule has 0 aliphatic carbocycles. The van der Waals surface area contributed by atoms with Gasteiger partial charge in [0, 0.05) is 37.5 Å². The van der Waals surface area contributed by atoms with E-state index in [1.165, 1.54) is 44.3 Å². The summed E-state index contributed by atoms with van der Waals surface area (Å²) in [6.07, 6.45) is 1.67. The molecule has 0 aliphatic heterocycles. The molecule has 0 saturated carbocycles. The second-order valence-electron chi connectivity index (χ2n) is 12.2. The van der Waals surface area contributed by atoms with Crippen LogP contribution in [0.25, 0.3) is 42.3 Å². The molecule has 2 nitrogen and oxygen atoms in total. The van der Waals surface area contributed by atoms with E-state index in [9.17, 15) is 4.79 Å². The van der Waals surface area contributed by atoms with Gasteiger partial charge in [0.05, 0.1) is 5.69 Å². The van der Waals surface area contributed by atoms with Crippen molar-refractivity contribution in [2.75, 3.05) is 0 Å². The van der Waals surface area contributed by atoms with Crippen LogP contribution in [0.2, 0.25) is 0 Å². The first-order valence-corrected chi connectivity index (χ1v) is 15.9. The highest BCUT2D eigenvalue weighted by Crippen LogP contribution is 2.37. The summed E-state index contributed by atoms with van der Waals surface area (Å²) < 4.78 is 2.07. The molecule has 0 fully saturated rings. The van der Waals surface area contributed by atoms with E-state index in [1.54, 1.807) is 11.3 Å². The van der Waals surface area contributed by atoms with Crippen LogP contribution in [0, 0.1) is 13.8 Å². The van der Waals surface area contributed by atoms with Crippen molar-refractivity contribution in [2.45, 2.75) is 46.5 Å². The van der Waals surface area contributed by atoms with Crippen molar-refractivity contribution >= 4 is 42.4 Å². The molecule has 212 valence electrons. The number of fused-ring (bicyclic) bond motifs is 3. The topological polar surface area (TPSA) is 32.9 Å². The van der Waals surface area contributed by atoms with E-state index in [0.29, 0.717) is 5.92 Å². The fourth-order valence-electron chi connectivity index (χ4n) is 6.19. The largest absolute Gasteiger partial charge is 0.354 e. The third kappa shape index (κ3) is 5.19. The highest BCUT2D eigenvalue weighted by molar-refractivity contribution is 7.24. The molecule has 5 aromatic carbocycles. The third-order valence-electron chi connectivity index (χ3n) is 8.68. The molecular weight excluding hydrogens is 543 g/mol. The number of benzene rings is 5. The van der Waals surface area contributed by atoms with Crippen LogP contribution in [0.5, 0.6) is 0 Å². The van der Waals surface area contributed by atoms with Crippen molar-refractivity contribution in [3.8, 4) is 11.3 Å². The summed E-state index contributed by atoms with van der Waals surface area (Å²) in [5.74, 6) is 0.376. The molecule has 0 spiro atoms. The monoisotopic (exact) mass is 577 g/mol. The maximum absolute atomic E-state index is 13.9. The molecule has 0 amide bonds. The van der Waals surface area contributed by atoms with Gasteiger partial charge in [0.2, 0.25) is 0 Å². The van der Waals surface area contributed by atoms with Crippen LogP contribution in [0.1, 0.15) is 58.7 Å². The van der Waals surface area contributed by atoms with E-state index in [4.69, 9.17) is 0 Å². The first kappa shape index (κ1) is 27.4. The summed E-state index contributed by atoms with van der Waals surface area (Å²) in [6.45, 7) is 8.61. The Morgan fingerprint density at radius 3 is 2.00 bits per heavy atom. The van der Waals surface area contributed by atoms with Crippen LogP contribution in [-0.2, 0) is 12.8 Å². The Labute approximate surface area is 256 Å². The van der Waals surface area contributed by atoms with E-state index in [1.807, 2.05) is 0 Å². The van der Waals surface area contributed by atoms with Gasteiger partial charge in [0.15, 0.2) is 5.43 Å². The Kier molecular flexibility index (Phi) is 6.99. The maximum Gasteiger partial charge on any atom is 0.195 e. The zero-order valence-corrected chi connectivity index (χ0v) is 25.9. The number of H-pyrrole nitrogens is 1. The smallest absolute Gasteiger partial charge is 0.195 e. The Morgan fingerprint density at radius 2 is 1.33 bits per heavy atom. The lowest BCUT2D eigenvalue weighted by Gasteiger charge is -2.11. The first-order chi connectivity index (χ1) is 20.8. The highest BCUT2D eigenvalue weighted by atomic mass is 32.1. The van der Waals surface area contributed by atoms with Gasteiger partial charge < -0.3 is 4.98 Å². The molecule has 0 saturated heterocycles. The Hall–Kier alpha value is -4.47. The van der Waals surface area contributed by atoms with Crippen LogP contribution in [0.15, 0.2) is 108 Å². The lowest BCUT2D eigenvalue weighted by Crippen LogP contribution is -2.02. The summed E-state index contributed by atoms with van der Waals surface area (Å²) in [5, 5.41) is 2.89. The molecule has 1 N–H and O–H groups in total. The fraction of sp³-hybridized carbons (Fsp3) is 0.175. The van der Waals surface area contributed by atoms with Crippen LogP contribution >= 0.6 is 11.3 Å². The van der Waals surface area contributed by atoms with Crippen LogP contribution < -0.4 is 5.43 Å². The van der Waals surface area contributed by atoms with Crippen molar-refractivity contribution in [3.63, 3.8) is 0 Å². The van der Waals surface area contributed by atoms with Crippen molar-refractivity contribution < 1.29 is 0 Å². The number of hydrogen-bond acceptors (Lipinski definition) is 2. The molecule has 0 bridgehead atoms. The lowest BCUT2D eigenvalue weighted by atomic mass is 9.93. The second kappa shape index (κ2) is 11.0. The van der Waals surface area contributed by atoms with E-state index >= 15 is 0 Å². The van der Waals surface area contributed by atoms with Crippen molar-refractivity contribution in [3.05, 3.63) is 152 Å². The van der Waals surface area contributed by atoms with Crippen molar-refractivity contribution in [2.24, 2.45) is 0 Å². The average Bonchev–Trinajstić information content (AvgIpc) is 3.38. The molecule has 7 aromatic rings. The molecule has 0 unspecified atom stereocenters. The third-order valence-corrected chi connectivity index (χ3v) is 9.83. The zero-order chi connectivity index (χ0) is 29.7. The molecule has 2 heterocycles. The van der Waals surface area contributed by atoms with Gasteiger partial charge in [-0.05, 0) is 89.9 Å². The highest BCUT2D eigenvalue weighted by Gasteiger charge is 2.18. The normalized spacial score (nSPS) is 11.7. The van der Waals surface area contributed by atoms with Gasteiger partial charge in [-0.3, -0.25) is 4.79 Å². The zero-order valence-electron chi connectivity index (χ0n) is 25.1. The first-order valence-electron chi connectivity index (χ1n) is 15.1. The summed E-state index contributed by atoms with van der Waals surface area (Å²) in [7, 11) is 0. The number of aryl methyl sites for hydroxylation is 2. The minimum atomic E-state index is 0.115. The molecule has 0 aliphatic rings. The van der Waals surface area contributed by atoms with Crippen LogP contribution in [-0.4, -0.2) is 4.98 Å². The number of rotatable bonds is 6. The van der Waals surface area contributed by atoms with Crippen molar-refractivity contribution in [1.29, 1.82) is 0 Å². The Bertz CT molecular complexity index is 2180. The molecule has 0 radical (unpaired) electrons. The maximum atomic E-state index is 13.9.